The number of imide groups is 1. The van der Waals surface area contributed by atoms with Crippen LogP contribution in [-0.4, -0.2) is 48.5 Å². The van der Waals surface area contributed by atoms with E-state index in [1.807, 2.05) is 24.3 Å². The minimum atomic E-state index is -0.771. The van der Waals surface area contributed by atoms with E-state index >= 15 is 0 Å². The van der Waals surface area contributed by atoms with E-state index in [-0.39, 0.29) is 30.8 Å². The Morgan fingerprint density at radius 3 is 2.41 bits per heavy atom. The molecule has 1 aromatic carbocycles. The van der Waals surface area contributed by atoms with Crippen LogP contribution < -0.4 is 15.4 Å². The second-order valence-electron chi connectivity index (χ2n) is 7.90. The van der Waals surface area contributed by atoms with Crippen molar-refractivity contribution in [3.63, 3.8) is 0 Å². The molecule has 7 heteroatoms. The van der Waals surface area contributed by atoms with Crippen LogP contribution in [0.4, 0.5) is 4.79 Å². The fourth-order valence-electron chi connectivity index (χ4n) is 4.03. The summed E-state index contributed by atoms with van der Waals surface area (Å²) in [5, 5.41) is 5.71. The fourth-order valence-corrected chi connectivity index (χ4v) is 4.03. The molecule has 1 unspecified atom stereocenters. The van der Waals surface area contributed by atoms with Crippen molar-refractivity contribution in [2.75, 3.05) is 13.7 Å². The Kier molecular flexibility index (Phi) is 7.49. The molecule has 3 rings (SSSR count). The van der Waals surface area contributed by atoms with Crippen molar-refractivity contribution < 1.29 is 19.1 Å². The molecule has 2 N–H and O–H groups in total. The second kappa shape index (κ2) is 10.3. The molecule has 4 amide bonds. The standard InChI is InChI=1S/C22H31N3O4/c1-29-18-11-9-16(10-12-18)13-14-25-21(27)19(24-22(25)28)15-20(26)23-17-7-5-3-2-4-6-8-17/h9-12,17,19H,2-8,13-15H2,1H3,(H,23,26)(H,24,28). The number of hydrogen-bond donors (Lipinski definition) is 2. The SMILES string of the molecule is COc1ccc(CCN2C(=O)NC(CC(=O)NC3CCCCCCC3)C2=O)cc1. The number of carbonyl (C=O) groups is 3. The van der Waals surface area contributed by atoms with E-state index in [9.17, 15) is 14.4 Å². The highest BCUT2D eigenvalue weighted by molar-refractivity contribution is 6.05. The van der Waals surface area contributed by atoms with Crippen molar-refractivity contribution in [1.29, 1.82) is 0 Å². The topological polar surface area (TPSA) is 87.7 Å². The number of nitrogens with zero attached hydrogens (tertiary/aromatic N) is 1. The Morgan fingerprint density at radius 1 is 1.10 bits per heavy atom. The zero-order valence-electron chi connectivity index (χ0n) is 17.1. The number of amides is 4. The van der Waals surface area contributed by atoms with E-state index in [2.05, 4.69) is 10.6 Å². The third-order valence-corrected chi connectivity index (χ3v) is 5.75. The van der Waals surface area contributed by atoms with E-state index in [0.29, 0.717) is 6.42 Å². The predicted molar refractivity (Wildman–Crippen MR) is 110 cm³/mol. The summed E-state index contributed by atoms with van der Waals surface area (Å²) in [5.74, 6) is 0.279. The average Bonchev–Trinajstić information content (AvgIpc) is 2.95. The Labute approximate surface area is 172 Å². The van der Waals surface area contributed by atoms with Crippen LogP contribution in [0.1, 0.15) is 56.9 Å². The first-order valence-corrected chi connectivity index (χ1v) is 10.6. The van der Waals surface area contributed by atoms with Crippen molar-refractivity contribution in [2.24, 2.45) is 0 Å². The zero-order chi connectivity index (χ0) is 20.6. The van der Waals surface area contributed by atoms with Crippen molar-refractivity contribution in [3.8, 4) is 5.75 Å². The second-order valence-corrected chi connectivity index (χ2v) is 7.90. The molecule has 1 atom stereocenters. The van der Waals surface area contributed by atoms with Gasteiger partial charge in [-0.25, -0.2) is 4.79 Å². The molecule has 0 bridgehead atoms. The van der Waals surface area contributed by atoms with Gasteiger partial charge in [-0.1, -0.05) is 44.2 Å². The van der Waals surface area contributed by atoms with Crippen molar-refractivity contribution in [3.05, 3.63) is 29.8 Å². The van der Waals surface area contributed by atoms with Crippen molar-refractivity contribution >= 4 is 17.8 Å². The molecule has 29 heavy (non-hydrogen) atoms. The molecule has 1 saturated carbocycles. The number of carbonyl (C=O) groups excluding carboxylic acids is 3. The monoisotopic (exact) mass is 401 g/mol. The van der Waals surface area contributed by atoms with Crippen LogP contribution in [0, 0.1) is 0 Å². The summed E-state index contributed by atoms with van der Waals surface area (Å²) in [6, 6.07) is 6.52. The quantitative estimate of drug-likeness (QED) is 0.688. The molecule has 1 saturated heterocycles. The van der Waals surface area contributed by atoms with Crippen LogP contribution in [0.2, 0.25) is 0 Å². The Morgan fingerprint density at radius 2 is 1.76 bits per heavy atom. The van der Waals surface area contributed by atoms with E-state index in [4.69, 9.17) is 4.74 Å². The zero-order valence-corrected chi connectivity index (χ0v) is 17.1. The van der Waals surface area contributed by atoms with Crippen molar-refractivity contribution in [2.45, 2.75) is 69.9 Å². The summed E-state index contributed by atoms with van der Waals surface area (Å²) in [6.07, 6.45) is 8.50. The third-order valence-electron chi connectivity index (χ3n) is 5.75. The lowest BCUT2D eigenvalue weighted by molar-refractivity contribution is -0.131. The largest absolute Gasteiger partial charge is 0.497 e. The maximum absolute atomic E-state index is 12.6. The van der Waals surface area contributed by atoms with Gasteiger partial charge in [-0.05, 0) is 37.0 Å². The van der Waals surface area contributed by atoms with Gasteiger partial charge in [0.1, 0.15) is 11.8 Å². The highest BCUT2D eigenvalue weighted by Gasteiger charge is 2.38. The maximum atomic E-state index is 12.6. The Bertz CT molecular complexity index is 711. The van der Waals surface area contributed by atoms with Crippen LogP contribution in [0.3, 0.4) is 0 Å². The first-order chi connectivity index (χ1) is 14.1. The smallest absolute Gasteiger partial charge is 0.324 e. The molecule has 1 heterocycles. The molecular weight excluding hydrogens is 370 g/mol. The molecule has 2 fully saturated rings. The van der Waals surface area contributed by atoms with Crippen LogP contribution in [0.15, 0.2) is 24.3 Å². The first-order valence-electron chi connectivity index (χ1n) is 10.6. The van der Waals surface area contributed by atoms with Crippen LogP contribution >= 0.6 is 0 Å². The van der Waals surface area contributed by atoms with Gasteiger partial charge in [0.2, 0.25) is 5.91 Å². The first kappa shape index (κ1) is 21.1. The lowest BCUT2D eigenvalue weighted by Crippen LogP contribution is -2.41. The number of nitrogens with one attached hydrogen (secondary N) is 2. The van der Waals surface area contributed by atoms with Crippen LogP contribution in [-0.2, 0) is 16.0 Å². The number of methoxy groups -OCH3 is 1. The average molecular weight is 402 g/mol. The summed E-state index contributed by atoms with van der Waals surface area (Å²) < 4.78 is 5.13. The normalized spacial score (nSPS) is 20.7. The summed E-state index contributed by atoms with van der Waals surface area (Å²) in [5.41, 5.74) is 1.01. The van der Waals surface area contributed by atoms with Gasteiger partial charge < -0.3 is 15.4 Å². The van der Waals surface area contributed by atoms with Gasteiger partial charge in [0, 0.05) is 12.6 Å². The highest BCUT2D eigenvalue weighted by Crippen LogP contribution is 2.18. The Balaban J connectivity index is 1.47. The van der Waals surface area contributed by atoms with E-state index < -0.39 is 12.1 Å². The van der Waals surface area contributed by atoms with Crippen LogP contribution in [0.25, 0.3) is 0 Å². The van der Waals surface area contributed by atoms with Crippen molar-refractivity contribution in [1.82, 2.24) is 15.5 Å². The molecule has 158 valence electrons. The molecule has 7 nitrogen and oxygen atoms in total. The number of urea groups is 1. The summed E-state index contributed by atoms with van der Waals surface area (Å²) >= 11 is 0. The minimum Gasteiger partial charge on any atom is -0.497 e. The molecule has 0 spiro atoms. The molecule has 2 aliphatic rings. The number of rotatable bonds is 7. The van der Waals surface area contributed by atoms with E-state index in [1.54, 1.807) is 7.11 Å². The maximum Gasteiger partial charge on any atom is 0.324 e. The van der Waals surface area contributed by atoms with Gasteiger partial charge in [-0.3, -0.25) is 14.5 Å². The highest BCUT2D eigenvalue weighted by atomic mass is 16.5. The molecule has 1 aliphatic heterocycles. The van der Waals surface area contributed by atoms with E-state index in [1.165, 1.54) is 24.2 Å². The molecule has 1 aliphatic carbocycles. The summed E-state index contributed by atoms with van der Waals surface area (Å²) in [7, 11) is 1.61. The fraction of sp³-hybridized carbons (Fsp3) is 0.591. The third kappa shape index (κ3) is 5.95. The van der Waals surface area contributed by atoms with E-state index in [0.717, 1.165) is 37.0 Å². The van der Waals surface area contributed by atoms with Crippen LogP contribution in [0.5, 0.6) is 5.75 Å². The molecule has 0 aromatic heterocycles. The predicted octanol–water partition coefficient (Wildman–Crippen LogP) is 2.78. The van der Waals surface area contributed by atoms with Gasteiger partial charge in [0.15, 0.2) is 0 Å². The summed E-state index contributed by atoms with van der Waals surface area (Å²) in [6.45, 7) is 0.289. The minimum absolute atomic E-state index is 0.000108. The van der Waals surface area contributed by atoms with Gasteiger partial charge in [0.25, 0.3) is 5.91 Å². The molecular formula is C22H31N3O4. The van der Waals surface area contributed by atoms with Gasteiger partial charge in [0.05, 0.1) is 13.5 Å². The number of ether oxygens (including phenoxy) is 1. The molecule has 1 aromatic rings. The lowest BCUT2D eigenvalue weighted by atomic mass is 9.96. The van der Waals surface area contributed by atoms with Gasteiger partial charge in [-0.2, -0.15) is 0 Å². The molecule has 0 radical (unpaired) electrons. The van der Waals surface area contributed by atoms with Gasteiger partial charge >= 0.3 is 6.03 Å². The summed E-state index contributed by atoms with van der Waals surface area (Å²) in [4.78, 5) is 38.4. The lowest BCUT2D eigenvalue weighted by Gasteiger charge is -2.21. The number of hydrogen-bond acceptors (Lipinski definition) is 4. The Hall–Kier alpha value is -2.57. The van der Waals surface area contributed by atoms with Gasteiger partial charge in [-0.15, -0.1) is 0 Å². The number of benzene rings is 1.